The van der Waals surface area contributed by atoms with Crippen molar-refractivity contribution >= 4 is 44.9 Å². The van der Waals surface area contributed by atoms with E-state index in [1.54, 1.807) is 0 Å². The highest BCUT2D eigenvalue weighted by Crippen LogP contribution is 2.57. The Morgan fingerprint density at radius 3 is 1.61 bits per heavy atom. The molecule has 0 aliphatic carbocycles. The van der Waals surface area contributed by atoms with Crippen molar-refractivity contribution in [3.63, 3.8) is 0 Å². The Hall–Kier alpha value is -0.890. The fourth-order valence-electron chi connectivity index (χ4n) is 2.48. The van der Waals surface area contributed by atoms with Gasteiger partial charge in [-0.2, -0.15) is 13.6 Å². The number of ether oxygens (including phenoxy) is 1. The Labute approximate surface area is 258 Å². The number of nitrogen functional groups attached to an aromatic ring is 1. The van der Waals surface area contributed by atoms with Gasteiger partial charge in [-0.1, -0.05) is 0 Å². The van der Waals surface area contributed by atoms with E-state index in [4.69, 9.17) is 69.1 Å². The maximum atomic E-state index is 11.7. The van der Waals surface area contributed by atoms with Gasteiger partial charge in [0.2, 0.25) is 0 Å². The lowest BCUT2D eigenvalue weighted by atomic mass is 10.1. The molecule has 46 heavy (non-hydrogen) atoms. The Balaban J connectivity index is 0. The molecule has 1 aliphatic rings. The van der Waals surface area contributed by atoms with Crippen molar-refractivity contribution in [3.05, 3.63) is 22.7 Å². The minimum absolute atomic E-state index is 0.0787. The van der Waals surface area contributed by atoms with Crippen LogP contribution in [0, 0.1) is 0 Å². The Kier molecular flexibility index (Phi) is 19.3. The minimum Gasteiger partial charge on any atom is -0.391 e. The minimum atomic E-state index is -5.30. The van der Waals surface area contributed by atoms with Crippen molar-refractivity contribution in [2.24, 2.45) is 0 Å². The third-order valence-electron chi connectivity index (χ3n) is 4.06. The number of aliphatic hydroxyl groups is 3. The second-order valence-corrected chi connectivity index (χ2v) is 15.7. The van der Waals surface area contributed by atoms with Crippen LogP contribution in [0.25, 0.3) is 0 Å². The van der Waals surface area contributed by atoms with Crippen LogP contribution in [0.2, 0.25) is 0 Å². The Morgan fingerprint density at radius 2 is 1.30 bits per heavy atom. The Morgan fingerprint density at radius 1 is 0.870 bits per heavy atom. The first kappa shape index (κ1) is 47.2. The summed E-state index contributed by atoms with van der Waals surface area (Å²) in [4.78, 5) is 93.8. The molecule has 1 unspecified atom stereocenters. The molecule has 0 saturated carbocycles. The van der Waals surface area contributed by atoms with E-state index in [1.165, 1.54) is 6.07 Å². The van der Waals surface area contributed by atoms with Gasteiger partial charge in [-0.15, -0.1) is 0 Å². The molecule has 0 radical (unpaired) electrons. The molecule has 1 saturated heterocycles. The van der Waals surface area contributed by atoms with Crippen molar-refractivity contribution in [2.45, 2.75) is 24.5 Å². The quantitative estimate of drug-likeness (QED) is 0.0787. The Bertz CT molecular complexity index is 1350. The van der Waals surface area contributed by atoms with Crippen LogP contribution in [0.4, 0.5) is 5.82 Å². The molecular formula is C14H36N4O23P5+. The van der Waals surface area contributed by atoms with Gasteiger partial charge in [-0.25, -0.2) is 27.6 Å². The summed E-state index contributed by atoms with van der Waals surface area (Å²) in [6.07, 6.45) is -4.93. The zero-order valence-electron chi connectivity index (χ0n) is 23.6. The number of anilines is 1. The lowest BCUT2D eigenvalue weighted by molar-refractivity contribution is -0.870. The number of nitrogens with zero attached hydrogens (tertiary/aromatic N) is 3. The summed E-state index contributed by atoms with van der Waals surface area (Å²) in [6.45, 7) is 0.239. The van der Waals surface area contributed by atoms with Crippen LogP contribution in [0.3, 0.4) is 0 Å². The van der Waals surface area contributed by atoms with E-state index in [2.05, 4.69) is 39.3 Å². The van der Waals surface area contributed by atoms with Crippen LogP contribution in [0.1, 0.15) is 6.23 Å². The van der Waals surface area contributed by atoms with Crippen molar-refractivity contribution in [1.29, 1.82) is 0 Å². The normalized spacial score (nSPS) is 21.8. The second-order valence-electron chi connectivity index (χ2n) is 9.24. The van der Waals surface area contributed by atoms with Gasteiger partial charge in [0.15, 0.2) is 6.23 Å². The molecule has 0 aromatic carbocycles. The van der Waals surface area contributed by atoms with Gasteiger partial charge in [0, 0.05) is 6.20 Å². The summed E-state index contributed by atoms with van der Waals surface area (Å²) in [7, 11) is -19.0. The third kappa shape index (κ3) is 26.1. The molecule has 0 amide bonds. The van der Waals surface area contributed by atoms with Crippen molar-refractivity contribution < 1.29 is 109 Å². The lowest BCUT2D eigenvalue weighted by Crippen LogP contribution is -2.36. The van der Waals surface area contributed by atoms with E-state index in [0.29, 0.717) is 0 Å². The van der Waals surface area contributed by atoms with E-state index in [0.717, 1.165) is 21.8 Å². The van der Waals surface area contributed by atoms with E-state index in [-0.39, 0.29) is 12.4 Å². The van der Waals surface area contributed by atoms with E-state index < -0.39 is 75.9 Å². The molecule has 15 N–H and O–H groups in total. The molecule has 0 spiro atoms. The van der Waals surface area contributed by atoms with E-state index in [1.807, 2.05) is 0 Å². The highest BCUT2D eigenvalue weighted by Gasteiger charge is 2.45. The molecule has 27 nitrogen and oxygen atoms in total. The maximum Gasteiger partial charge on any atom is 0.481 e. The van der Waals surface area contributed by atoms with E-state index in [9.17, 15) is 33.3 Å². The second kappa shape index (κ2) is 18.8. The monoisotopic (exact) mass is 783 g/mol. The topological polar surface area (TPSA) is 446 Å². The van der Waals surface area contributed by atoms with E-state index >= 15 is 0 Å². The number of likely N-dealkylation sites (N-methyl/N-ethyl adjacent to an activating group) is 1. The van der Waals surface area contributed by atoms with Crippen LogP contribution in [0.5, 0.6) is 0 Å². The summed E-state index contributed by atoms with van der Waals surface area (Å²) in [6, 6.07) is 1.24. The molecule has 1 aliphatic heterocycles. The van der Waals surface area contributed by atoms with Crippen LogP contribution < -0.4 is 11.4 Å². The van der Waals surface area contributed by atoms with Gasteiger partial charge in [-0.05, 0) is 6.07 Å². The summed E-state index contributed by atoms with van der Waals surface area (Å²) >= 11 is 0. The predicted octanol–water partition coefficient (Wildman–Crippen LogP) is -4.38. The number of hydrogen-bond donors (Lipinski definition) is 14. The first-order chi connectivity index (χ1) is 20.2. The smallest absolute Gasteiger partial charge is 0.391 e. The number of phosphoric acid groups is 5. The molecule has 5 atom stereocenters. The standard InChI is InChI=1S/C9H15N3O11P2.C5H14NO.H4O7P2.H3O4P/c10-5-1-2-12(9(15)11-5)8-7(14)6(13)4(22-8)3-21-25(19,20)23-24(16,17)18;1-6(2,3)4-5-7;1-8(2,3)7-9(4,5)6;1-5(2,3)4/h1-2,4,6-8,13-14H,3H2,(H,19,20)(H2,10,11,15)(H2,16,17,18);7H,4-5H2,1-3H3;(H2,1,2,3)(H2,4,5,6);(H3,1,2,3,4)/q;+1;;/t4-,6-,7-,8-;;;/m1.../s1. The summed E-state index contributed by atoms with van der Waals surface area (Å²) in [5, 5.41) is 28.2. The first-order valence-electron chi connectivity index (χ1n) is 11.3. The molecule has 0 bridgehead atoms. The van der Waals surface area contributed by atoms with Crippen LogP contribution in [-0.2, 0) is 40.7 Å². The number of quaternary nitrogens is 1. The molecule has 274 valence electrons. The van der Waals surface area contributed by atoms with Crippen molar-refractivity contribution in [1.82, 2.24) is 9.55 Å². The average molecular weight is 783 g/mol. The largest absolute Gasteiger partial charge is 0.481 e. The molecule has 32 heteroatoms. The van der Waals surface area contributed by atoms with Crippen LogP contribution >= 0.6 is 39.1 Å². The molecule has 1 aromatic heterocycles. The van der Waals surface area contributed by atoms with Gasteiger partial charge >= 0.3 is 44.8 Å². The lowest BCUT2D eigenvalue weighted by Gasteiger charge is -2.21. The number of aliphatic hydroxyl groups excluding tert-OH is 3. The van der Waals surface area contributed by atoms with Gasteiger partial charge in [-0.3, -0.25) is 9.09 Å². The molecule has 1 aromatic rings. The van der Waals surface area contributed by atoms with Gasteiger partial charge in [0.25, 0.3) is 0 Å². The summed E-state index contributed by atoms with van der Waals surface area (Å²) in [5.74, 6) is -0.0787. The highest BCUT2D eigenvalue weighted by atomic mass is 31.3. The van der Waals surface area contributed by atoms with Crippen LogP contribution in [0.15, 0.2) is 17.1 Å². The highest BCUT2D eigenvalue weighted by molar-refractivity contribution is 7.61. The van der Waals surface area contributed by atoms with Crippen LogP contribution in [-0.4, -0.2) is 138 Å². The summed E-state index contributed by atoms with van der Waals surface area (Å²) in [5.41, 5.74) is 4.45. The van der Waals surface area contributed by atoms with Gasteiger partial charge < -0.3 is 79.2 Å². The fourth-order valence-corrected chi connectivity index (χ4v) is 5.19. The summed E-state index contributed by atoms with van der Waals surface area (Å²) < 4.78 is 67.7. The first-order valence-corrected chi connectivity index (χ1v) is 18.9. The predicted molar refractivity (Wildman–Crippen MR) is 147 cm³/mol. The maximum absolute atomic E-state index is 11.7. The SMILES string of the molecule is C[N+](C)(C)CCO.Nc1ccn([C@@H]2O[C@H](COP(=O)(O)OP(=O)(O)O)[C@@H](O)[C@H]2O)c(=O)n1.O=P(O)(O)O.O=P(O)(O)OP(=O)(O)O. The van der Waals surface area contributed by atoms with Crippen molar-refractivity contribution in [2.75, 3.05) is 46.6 Å². The molecule has 2 rings (SSSR count). The molecule has 2 heterocycles. The van der Waals surface area contributed by atoms with Gasteiger partial charge in [0.05, 0.1) is 34.4 Å². The van der Waals surface area contributed by atoms with Crippen molar-refractivity contribution in [3.8, 4) is 0 Å². The number of hydrogen-bond acceptors (Lipinski definition) is 15. The molecular weight excluding hydrogens is 747 g/mol. The fraction of sp³-hybridized carbons (Fsp3) is 0.714. The van der Waals surface area contributed by atoms with Gasteiger partial charge in [0.1, 0.15) is 30.7 Å². The number of aromatic nitrogens is 2. The number of rotatable bonds is 10. The number of phosphoric ester groups is 1. The zero-order valence-corrected chi connectivity index (χ0v) is 28.1. The average Bonchev–Trinajstić information content (AvgIpc) is 3.01. The number of nitrogens with two attached hydrogens (primary N) is 1. The zero-order chi connectivity index (χ0) is 37.1. The molecule has 1 fully saturated rings. The third-order valence-corrected chi connectivity index (χ3v) is 7.91.